The average Bonchev–Trinajstić information content (AvgIpc) is 2.09. The van der Waals surface area contributed by atoms with E-state index in [1.807, 2.05) is 17.8 Å². The second-order valence-corrected chi connectivity index (χ2v) is 4.62. The summed E-state index contributed by atoms with van der Waals surface area (Å²) in [5, 5.41) is 3.40. The molecular formula is C9H13BrN2S. The molecule has 72 valence electrons. The summed E-state index contributed by atoms with van der Waals surface area (Å²) in [7, 11) is 0. The lowest BCUT2D eigenvalue weighted by Gasteiger charge is -2.14. The third-order valence-corrected chi connectivity index (χ3v) is 3.06. The molecule has 2 nitrogen and oxygen atoms in total. The van der Waals surface area contributed by atoms with Crippen molar-refractivity contribution < 1.29 is 0 Å². The van der Waals surface area contributed by atoms with Crippen LogP contribution in [0.25, 0.3) is 0 Å². The van der Waals surface area contributed by atoms with Crippen molar-refractivity contribution in [2.24, 2.45) is 0 Å². The summed E-state index contributed by atoms with van der Waals surface area (Å²) in [5.74, 6) is 1.11. The fraction of sp³-hybridized carbons (Fsp3) is 0.444. The van der Waals surface area contributed by atoms with Crippen molar-refractivity contribution in [2.45, 2.75) is 13.0 Å². The van der Waals surface area contributed by atoms with Crippen molar-refractivity contribution in [1.29, 1.82) is 0 Å². The van der Waals surface area contributed by atoms with Gasteiger partial charge in [-0.15, -0.1) is 0 Å². The summed E-state index contributed by atoms with van der Waals surface area (Å²) in [6, 6.07) is 2.45. The molecule has 0 aliphatic carbocycles. The molecule has 0 aliphatic rings. The van der Waals surface area contributed by atoms with Crippen molar-refractivity contribution in [1.82, 2.24) is 4.98 Å². The van der Waals surface area contributed by atoms with Gasteiger partial charge >= 0.3 is 0 Å². The van der Waals surface area contributed by atoms with E-state index in [1.165, 1.54) is 0 Å². The first kappa shape index (κ1) is 10.9. The standard InChI is InChI=1S/C9H13BrN2S/c1-7(6-13-2)12-9-3-4-11-5-8(9)10/h3-5,7H,6H2,1-2H3,(H,11,12). The topological polar surface area (TPSA) is 24.9 Å². The van der Waals surface area contributed by atoms with Crippen molar-refractivity contribution >= 4 is 33.4 Å². The van der Waals surface area contributed by atoms with Crippen LogP contribution in [0.5, 0.6) is 0 Å². The molecule has 1 atom stereocenters. The van der Waals surface area contributed by atoms with E-state index in [9.17, 15) is 0 Å². The largest absolute Gasteiger partial charge is 0.381 e. The van der Waals surface area contributed by atoms with E-state index >= 15 is 0 Å². The lowest BCUT2D eigenvalue weighted by molar-refractivity contribution is 0.912. The van der Waals surface area contributed by atoms with Crippen LogP contribution in [0.15, 0.2) is 22.9 Å². The average molecular weight is 261 g/mol. The first-order chi connectivity index (χ1) is 6.24. The van der Waals surface area contributed by atoms with Crippen LogP contribution >= 0.6 is 27.7 Å². The van der Waals surface area contributed by atoms with Gasteiger partial charge in [0.1, 0.15) is 0 Å². The van der Waals surface area contributed by atoms with E-state index in [1.54, 1.807) is 12.4 Å². The van der Waals surface area contributed by atoms with E-state index in [2.05, 4.69) is 39.4 Å². The van der Waals surface area contributed by atoms with Gasteiger partial charge in [-0.3, -0.25) is 4.98 Å². The number of anilines is 1. The summed E-state index contributed by atoms with van der Waals surface area (Å²) in [6.07, 6.45) is 5.70. The highest BCUT2D eigenvalue weighted by Crippen LogP contribution is 2.21. The fourth-order valence-corrected chi connectivity index (χ4v) is 2.00. The predicted octanol–water partition coefficient (Wildman–Crippen LogP) is 3.01. The van der Waals surface area contributed by atoms with Gasteiger partial charge in [-0.05, 0) is 35.2 Å². The molecule has 0 amide bonds. The van der Waals surface area contributed by atoms with Gasteiger partial charge in [-0.2, -0.15) is 11.8 Å². The Bertz CT molecular complexity index is 268. The summed E-state index contributed by atoms with van der Waals surface area (Å²) < 4.78 is 1.02. The lowest BCUT2D eigenvalue weighted by atomic mass is 10.3. The van der Waals surface area contributed by atoms with E-state index < -0.39 is 0 Å². The minimum atomic E-state index is 0.480. The molecule has 0 bridgehead atoms. The maximum absolute atomic E-state index is 4.01. The minimum Gasteiger partial charge on any atom is -0.381 e. The first-order valence-electron chi connectivity index (χ1n) is 4.09. The highest BCUT2D eigenvalue weighted by atomic mass is 79.9. The van der Waals surface area contributed by atoms with Crippen LogP contribution in [-0.4, -0.2) is 23.0 Å². The molecule has 1 N–H and O–H groups in total. The lowest BCUT2D eigenvalue weighted by Crippen LogP contribution is -2.17. The zero-order valence-corrected chi connectivity index (χ0v) is 10.2. The van der Waals surface area contributed by atoms with Gasteiger partial charge in [-0.25, -0.2) is 0 Å². The van der Waals surface area contributed by atoms with E-state index in [0.717, 1.165) is 15.9 Å². The minimum absolute atomic E-state index is 0.480. The molecule has 1 heterocycles. The Morgan fingerprint density at radius 2 is 2.46 bits per heavy atom. The van der Waals surface area contributed by atoms with Crippen molar-refractivity contribution in [3.8, 4) is 0 Å². The second-order valence-electron chi connectivity index (χ2n) is 2.86. The Kier molecular flexibility index (Phi) is 4.59. The number of hydrogen-bond acceptors (Lipinski definition) is 3. The molecule has 1 aromatic rings. The number of halogens is 1. The summed E-state index contributed by atoms with van der Waals surface area (Å²) in [5.41, 5.74) is 1.11. The van der Waals surface area contributed by atoms with Crippen LogP contribution in [0.2, 0.25) is 0 Å². The SMILES string of the molecule is CSCC(C)Nc1ccncc1Br. The Balaban J connectivity index is 2.58. The van der Waals surface area contributed by atoms with Crippen LogP contribution < -0.4 is 5.32 Å². The Hall–Kier alpha value is -0.220. The van der Waals surface area contributed by atoms with E-state index in [0.29, 0.717) is 6.04 Å². The maximum atomic E-state index is 4.01. The van der Waals surface area contributed by atoms with E-state index in [-0.39, 0.29) is 0 Å². The number of nitrogens with zero attached hydrogens (tertiary/aromatic N) is 1. The summed E-state index contributed by atoms with van der Waals surface area (Å²) in [4.78, 5) is 4.01. The highest BCUT2D eigenvalue weighted by molar-refractivity contribution is 9.10. The molecule has 0 aromatic carbocycles. The predicted molar refractivity (Wildman–Crippen MR) is 63.4 cm³/mol. The Morgan fingerprint density at radius 1 is 1.69 bits per heavy atom. The molecule has 13 heavy (non-hydrogen) atoms. The highest BCUT2D eigenvalue weighted by Gasteiger charge is 2.03. The van der Waals surface area contributed by atoms with Gasteiger partial charge in [0.25, 0.3) is 0 Å². The normalized spacial score (nSPS) is 12.5. The van der Waals surface area contributed by atoms with Crippen molar-refractivity contribution in [3.05, 3.63) is 22.9 Å². The first-order valence-corrected chi connectivity index (χ1v) is 6.27. The molecule has 1 rings (SSSR count). The smallest absolute Gasteiger partial charge is 0.0590 e. The number of nitrogens with one attached hydrogen (secondary N) is 1. The zero-order chi connectivity index (χ0) is 9.68. The van der Waals surface area contributed by atoms with Gasteiger partial charge in [0.2, 0.25) is 0 Å². The molecule has 0 saturated carbocycles. The number of hydrogen-bond donors (Lipinski definition) is 1. The van der Waals surface area contributed by atoms with Crippen LogP contribution in [-0.2, 0) is 0 Å². The van der Waals surface area contributed by atoms with Gasteiger partial charge in [0.05, 0.1) is 10.2 Å². The third kappa shape index (κ3) is 3.56. The summed E-state index contributed by atoms with van der Waals surface area (Å²) >= 11 is 5.29. The Labute approximate surface area is 91.7 Å². The molecule has 0 aliphatic heterocycles. The van der Waals surface area contributed by atoms with Gasteiger partial charge in [-0.1, -0.05) is 0 Å². The van der Waals surface area contributed by atoms with Crippen molar-refractivity contribution in [3.63, 3.8) is 0 Å². The van der Waals surface area contributed by atoms with Gasteiger partial charge in [0.15, 0.2) is 0 Å². The Morgan fingerprint density at radius 3 is 3.08 bits per heavy atom. The van der Waals surface area contributed by atoms with Crippen LogP contribution in [0.1, 0.15) is 6.92 Å². The van der Waals surface area contributed by atoms with Gasteiger partial charge in [0, 0.05) is 24.2 Å². The van der Waals surface area contributed by atoms with Crippen LogP contribution in [0.3, 0.4) is 0 Å². The van der Waals surface area contributed by atoms with E-state index in [4.69, 9.17) is 0 Å². The number of thioether (sulfide) groups is 1. The fourth-order valence-electron chi connectivity index (χ4n) is 1.05. The van der Waals surface area contributed by atoms with Crippen LogP contribution in [0, 0.1) is 0 Å². The monoisotopic (exact) mass is 260 g/mol. The molecule has 0 radical (unpaired) electrons. The number of rotatable bonds is 4. The number of pyridine rings is 1. The molecule has 0 spiro atoms. The molecule has 1 unspecified atom stereocenters. The third-order valence-electron chi connectivity index (χ3n) is 1.59. The molecule has 0 fully saturated rings. The second kappa shape index (κ2) is 5.50. The zero-order valence-electron chi connectivity index (χ0n) is 7.75. The molecule has 1 aromatic heterocycles. The quantitative estimate of drug-likeness (QED) is 0.901. The van der Waals surface area contributed by atoms with Crippen molar-refractivity contribution in [2.75, 3.05) is 17.3 Å². The molecule has 0 saturated heterocycles. The molecular weight excluding hydrogens is 248 g/mol. The molecule has 4 heteroatoms. The summed E-state index contributed by atoms with van der Waals surface area (Å²) in [6.45, 7) is 2.17. The van der Waals surface area contributed by atoms with Crippen LogP contribution in [0.4, 0.5) is 5.69 Å². The maximum Gasteiger partial charge on any atom is 0.0590 e. The number of aromatic nitrogens is 1. The van der Waals surface area contributed by atoms with Gasteiger partial charge < -0.3 is 5.32 Å².